The van der Waals surface area contributed by atoms with Gasteiger partial charge in [-0.1, -0.05) is 5.16 Å². The van der Waals surface area contributed by atoms with Crippen molar-refractivity contribution in [3.05, 3.63) is 17.5 Å². The molecule has 0 radical (unpaired) electrons. The van der Waals surface area contributed by atoms with Crippen molar-refractivity contribution in [2.45, 2.75) is 38.6 Å². The number of aryl methyl sites for hydroxylation is 1. The van der Waals surface area contributed by atoms with Gasteiger partial charge in [0, 0.05) is 45.3 Å². The molecule has 2 aliphatic rings. The van der Waals surface area contributed by atoms with Gasteiger partial charge in [-0.25, -0.2) is 0 Å². The van der Waals surface area contributed by atoms with E-state index in [0.717, 1.165) is 19.3 Å². The molecule has 3 heterocycles. The number of hydrogen-bond acceptors (Lipinski definition) is 5. The molecule has 0 N–H and O–H groups in total. The van der Waals surface area contributed by atoms with Crippen LogP contribution in [0.3, 0.4) is 0 Å². The van der Waals surface area contributed by atoms with Gasteiger partial charge in [0.15, 0.2) is 5.69 Å². The van der Waals surface area contributed by atoms with E-state index in [1.165, 1.54) is 0 Å². The molecule has 1 aromatic heterocycles. The minimum Gasteiger partial charge on any atom is -0.383 e. The Bertz CT molecular complexity index is 600. The second-order valence-corrected chi connectivity index (χ2v) is 6.66. The van der Waals surface area contributed by atoms with Crippen molar-refractivity contribution in [3.63, 3.8) is 0 Å². The topological polar surface area (TPSA) is 75.9 Å². The van der Waals surface area contributed by atoms with Crippen LogP contribution < -0.4 is 0 Å². The third-order valence-corrected chi connectivity index (χ3v) is 5.05. The van der Waals surface area contributed by atoms with Crippen molar-refractivity contribution in [3.8, 4) is 0 Å². The fraction of sp³-hybridized carbons (Fsp3) is 0.706. The van der Waals surface area contributed by atoms with E-state index in [2.05, 4.69) is 5.16 Å². The fourth-order valence-corrected chi connectivity index (χ4v) is 3.85. The number of nitrogens with zero attached hydrogens (tertiary/aromatic N) is 3. The second-order valence-electron chi connectivity index (χ2n) is 6.66. The Morgan fingerprint density at radius 1 is 1.46 bits per heavy atom. The zero-order valence-corrected chi connectivity index (χ0v) is 14.4. The molecular formula is C17H25N3O4. The molecule has 7 nitrogen and oxygen atoms in total. The normalized spacial score (nSPS) is 24.7. The molecule has 0 aliphatic carbocycles. The van der Waals surface area contributed by atoms with Gasteiger partial charge < -0.3 is 19.1 Å². The Morgan fingerprint density at radius 2 is 2.29 bits per heavy atom. The smallest absolute Gasteiger partial charge is 0.276 e. The van der Waals surface area contributed by atoms with Crippen LogP contribution in [-0.4, -0.2) is 66.2 Å². The van der Waals surface area contributed by atoms with Gasteiger partial charge in [0.05, 0.1) is 6.61 Å². The first-order valence-corrected chi connectivity index (χ1v) is 8.61. The number of carbonyl (C=O) groups is 2. The highest BCUT2D eigenvalue weighted by Gasteiger charge is 2.38. The number of likely N-dealkylation sites (tertiary alicyclic amines) is 2. The predicted molar refractivity (Wildman–Crippen MR) is 86.5 cm³/mol. The van der Waals surface area contributed by atoms with Gasteiger partial charge in [0.25, 0.3) is 5.91 Å². The van der Waals surface area contributed by atoms with Crippen LogP contribution in [0.2, 0.25) is 0 Å². The maximum atomic E-state index is 12.6. The molecule has 3 rings (SSSR count). The number of carbonyl (C=O) groups excluding carboxylic acids is 2. The van der Waals surface area contributed by atoms with Crippen LogP contribution in [0.4, 0.5) is 0 Å². The maximum absolute atomic E-state index is 12.6. The first kappa shape index (κ1) is 17.0. The zero-order valence-electron chi connectivity index (χ0n) is 14.4. The summed E-state index contributed by atoms with van der Waals surface area (Å²) in [4.78, 5) is 28.8. The van der Waals surface area contributed by atoms with Gasteiger partial charge >= 0.3 is 0 Å². The van der Waals surface area contributed by atoms with E-state index in [9.17, 15) is 9.59 Å². The minimum absolute atomic E-state index is 0.0793. The molecule has 0 spiro atoms. The number of hydrogen-bond donors (Lipinski definition) is 0. The molecular weight excluding hydrogens is 310 g/mol. The Balaban J connectivity index is 1.70. The molecule has 2 saturated heterocycles. The van der Waals surface area contributed by atoms with Crippen molar-refractivity contribution < 1.29 is 18.8 Å². The standard InChI is InChI=1S/C17H25N3O4/c1-12-10-14(18-24-12)17(22)19-7-6-15-13(11-19)4-3-5-16(21)20(15)8-9-23-2/h10,13,15H,3-9,11H2,1-2H3/t13-,15+/m0/s1. The fourth-order valence-electron chi connectivity index (χ4n) is 3.85. The highest BCUT2D eigenvalue weighted by Crippen LogP contribution is 2.31. The summed E-state index contributed by atoms with van der Waals surface area (Å²) in [5, 5.41) is 3.83. The van der Waals surface area contributed by atoms with Crippen molar-refractivity contribution in [1.29, 1.82) is 0 Å². The third-order valence-electron chi connectivity index (χ3n) is 5.05. The van der Waals surface area contributed by atoms with Crippen LogP contribution in [-0.2, 0) is 9.53 Å². The molecule has 0 bridgehead atoms. The monoisotopic (exact) mass is 335 g/mol. The van der Waals surface area contributed by atoms with Crippen LogP contribution in [0.1, 0.15) is 41.9 Å². The molecule has 7 heteroatoms. The lowest BCUT2D eigenvalue weighted by molar-refractivity contribution is -0.135. The van der Waals surface area contributed by atoms with E-state index in [-0.39, 0.29) is 17.9 Å². The average molecular weight is 335 g/mol. The Hall–Kier alpha value is -1.89. The van der Waals surface area contributed by atoms with Gasteiger partial charge in [-0.3, -0.25) is 9.59 Å². The van der Waals surface area contributed by atoms with E-state index in [0.29, 0.717) is 50.0 Å². The number of methoxy groups -OCH3 is 1. The Labute approximate surface area is 141 Å². The summed E-state index contributed by atoms with van der Waals surface area (Å²) in [5.41, 5.74) is 0.367. The summed E-state index contributed by atoms with van der Waals surface area (Å²) in [6, 6.07) is 1.88. The van der Waals surface area contributed by atoms with Crippen molar-refractivity contribution in [1.82, 2.24) is 15.0 Å². The quantitative estimate of drug-likeness (QED) is 0.833. The van der Waals surface area contributed by atoms with E-state index in [1.54, 1.807) is 20.1 Å². The number of rotatable bonds is 4. The predicted octanol–water partition coefficient (Wildman–Crippen LogP) is 1.47. The van der Waals surface area contributed by atoms with E-state index < -0.39 is 0 Å². The molecule has 0 unspecified atom stereocenters. The number of fused-ring (bicyclic) bond motifs is 1. The number of ether oxygens (including phenoxy) is 1. The average Bonchev–Trinajstić information content (AvgIpc) is 2.95. The third kappa shape index (κ3) is 3.45. The summed E-state index contributed by atoms with van der Waals surface area (Å²) in [6.45, 7) is 4.28. The lowest BCUT2D eigenvalue weighted by Gasteiger charge is -2.42. The highest BCUT2D eigenvalue weighted by atomic mass is 16.5. The van der Waals surface area contributed by atoms with Crippen molar-refractivity contribution in [2.24, 2.45) is 5.92 Å². The summed E-state index contributed by atoms with van der Waals surface area (Å²) in [7, 11) is 1.65. The summed E-state index contributed by atoms with van der Waals surface area (Å²) >= 11 is 0. The first-order valence-electron chi connectivity index (χ1n) is 8.61. The molecule has 0 saturated carbocycles. The molecule has 132 valence electrons. The van der Waals surface area contributed by atoms with Crippen LogP contribution >= 0.6 is 0 Å². The van der Waals surface area contributed by atoms with E-state index in [4.69, 9.17) is 9.26 Å². The molecule has 2 amide bonds. The lowest BCUT2D eigenvalue weighted by Crippen LogP contribution is -2.53. The van der Waals surface area contributed by atoms with Gasteiger partial charge in [0.1, 0.15) is 5.76 Å². The van der Waals surface area contributed by atoms with Crippen molar-refractivity contribution in [2.75, 3.05) is 33.4 Å². The van der Waals surface area contributed by atoms with Crippen LogP contribution in [0.15, 0.2) is 10.6 Å². The summed E-state index contributed by atoms with van der Waals surface area (Å²) in [6.07, 6.45) is 3.26. The Kier molecular flexibility index (Phi) is 5.18. The highest BCUT2D eigenvalue weighted by molar-refractivity contribution is 5.92. The molecule has 24 heavy (non-hydrogen) atoms. The molecule has 0 aromatic carbocycles. The minimum atomic E-state index is -0.0793. The molecule has 2 fully saturated rings. The number of aromatic nitrogens is 1. The van der Waals surface area contributed by atoms with Crippen LogP contribution in [0, 0.1) is 12.8 Å². The first-order chi connectivity index (χ1) is 11.6. The summed E-state index contributed by atoms with van der Waals surface area (Å²) < 4.78 is 10.2. The van der Waals surface area contributed by atoms with E-state index in [1.807, 2.05) is 9.80 Å². The van der Waals surface area contributed by atoms with Gasteiger partial charge in [-0.05, 0) is 32.1 Å². The van der Waals surface area contributed by atoms with E-state index >= 15 is 0 Å². The van der Waals surface area contributed by atoms with Gasteiger partial charge in [-0.2, -0.15) is 0 Å². The van der Waals surface area contributed by atoms with Crippen LogP contribution in [0.5, 0.6) is 0 Å². The lowest BCUT2D eigenvalue weighted by atomic mass is 9.88. The number of piperidine rings is 1. The van der Waals surface area contributed by atoms with Crippen LogP contribution in [0.25, 0.3) is 0 Å². The SMILES string of the molecule is COCCN1C(=O)CCC[C@H]2CN(C(=O)c3cc(C)on3)CC[C@H]21. The van der Waals surface area contributed by atoms with Gasteiger partial charge in [0.2, 0.25) is 5.91 Å². The van der Waals surface area contributed by atoms with Gasteiger partial charge in [-0.15, -0.1) is 0 Å². The molecule has 2 aliphatic heterocycles. The largest absolute Gasteiger partial charge is 0.383 e. The number of amides is 2. The maximum Gasteiger partial charge on any atom is 0.276 e. The zero-order chi connectivity index (χ0) is 17.1. The molecule has 1 aromatic rings. The van der Waals surface area contributed by atoms with Crippen molar-refractivity contribution >= 4 is 11.8 Å². The Morgan fingerprint density at radius 3 is 3.00 bits per heavy atom. The molecule has 2 atom stereocenters. The second kappa shape index (κ2) is 7.34. The summed E-state index contributed by atoms with van der Waals surface area (Å²) in [5.74, 6) is 1.09.